The lowest BCUT2D eigenvalue weighted by atomic mass is 9.96. The van der Waals surface area contributed by atoms with Crippen LogP contribution >= 0.6 is 0 Å². The van der Waals surface area contributed by atoms with Crippen molar-refractivity contribution in [1.82, 2.24) is 15.5 Å². The summed E-state index contributed by atoms with van der Waals surface area (Å²) in [6.07, 6.45) is 1.72. The van der Waals surface area contributed by atoms with Crippen molar-refractivity contribution < 1.29 is 9.59 Å². The molecule has 0 aromatic heterocycles. The van der Waals surface area contributed by atoms with E-state index in [1.165, 1.54) is 0 Å². The number of hydrogen-bond acceptors (Lipinski definition) is 3. The Labute approximate surface area is 173 Å². The lowest BCUT2D eigenvalue weighted by Crippen LogP contribution is -2.48. The highest BCUT2D eigenvalue weighted by Crippen LogP contribution is 2.21. The third-order valence-electron chi connectivity index (χ3n) is 5.47. The molecule has 1 unspecified atom stereocenters. The summed E-state index contributed by atoms with van der Waals surface area (Å²) in [6, 6.07) is 19.6. The van der Waals surface area contributed by atoms with E-state index in [9.17, 15) is 9.59 Å². The molecule has 0 aliphatic carbocycles. The Kier molecular flexibility index (Phi) is 7.42. The Bertz CT molecular complexity index is 784. The number of nitrogens with zero attached hydrogens (tertiary/aromatic N) is 1. The number of rotatable bonds is 7. The fraction of sp³-hybridized carbons (Fsp3) is 0.417. The van der Waals surface area contributed by atoms with Crippen molar-refractivity contribution in [3.8, 4) is 0 Å². The predicted octanol–water partition coefficient (Wildman–Crippen LogP) is 3.39. The number of hydrogen-bond donors (Lipinski definition) is 2. The normalized spacial score (nSPS) is 16.4. The van der Waals surface area contributed by atoms with E-state index in [0.29, 0.717) is 18.0 Å². The molecule has 154 valence electrons. The maximum absolute atomic E-state index is 12.6. The quantitative estimate of drug-likeness (QED) is 0.758. The molecule has 1 aliphatic rings. The Morgan fingerprint density at radius 3 is 2.14 bits per heavy atom. The average Bonchev–Trinajstić information content (AvgIpc) is 2.74. The van der Waals surface area contributed by atoms with Crippen molar-refractivity contribution in [2.45, 2.75) is 38.8 Å². The molecule has 2 amide bonds. The van der Waals surface area contributed by atoms with E-state index in [1.54, 1.807) is 0 Å². The maximum atomic E-state index is 12.6. The summed E-state index contributed by atoms with van der Waals surface area (Å²) in [4.78, 5) is 27.1. The van der Waals surface area contributed by atoms with E-state index in [1.807, 2.05) is 48.5 Å². The molecule has 29 heavy (non-hydrogen) atoms. The fourth-order valence-electron chi connectivity index (χ4n) is 3.81. The molecule has 5 heteroatoms. The summed E-state index contributed by atoms with van der Waals surface area (Å²) in [7, 11) is 0. The largest absolute Gasteiger partial charge is 0.349 e. The van der Waals surface area contributed by atoms with Gasteiger partial charge in [0, 0.05) is 24.7 Å². The van der Waals surface area contributed by atoms with Crippen LogP contribution in [0.1, 0.15) is 48.7 Å². The van der Waals surface area contributed by atoms with Crippen LogP contribution in [0.3, 0.4) is 0 Å². The van der Waals surface area contributed by atoms with Crippen molar-refractivity contribution in [3.63, 3.8) is 0 Å². The summed E-state index contributed by atoms with van der Waals surface area (Å²) in [5.74, 6) is 0.351. The van der Waals surface area contributed by atoms with Gasteiger partial charge >= 0.3 is 0 Å². The summed E-state index contributed by atoms with van der Waals surface area (Å²) < 4.78 is 0. The first kappa shape index (κ1) is 21.1. The second-order valence-electron chi connectivity index (χ2n) is 8.09. The molecule has 0 saturated carbocycles. The first-order valence-corrected chi connectivity index (χ1v) is 10.5. The van der Waals surface area contributed by atoms with Gasteiger partial charge in [0.25, 0.3) is 5.91 Å². The Morgan fingerprint density at radius 1 is 0.966 bits per heavy atom. The third kappa shape index (κ3) is 6.16. The van der Waals surface area contributed by atoms with Crippen LogP contribution in [0, 0.1) is 5.92 Å². The van der Waals surface area contributed by atoms with Crippen molar-refractivity contribution in [2.24, 2.45) is 5.92 Å². The van der Waals surface area contributed by atoms with E-state index < -0.39 is 0 Å². The molecule has 5 nitrogen and oxygen atoms in total. The van der Waals surface area contributed by atoms with Gasteiger partial charge in [-0.25, -0.2) is 0 Å². The molecule has 1 heterocycles. The molecule has 2 aromatic rings. The highest BCUT2D eigenvalue weighted by molar-refractivity contribution is 5.94. The molecule has 1 fully saturated rings. The molecular formula is C24H31N3O2. The van der Waals surface area contributed by atoms with Crippen LogP contribution in [0.5, 0.6) is 0 Å². The van der Waals surface area contributed by atoms with Gasteiger partial charge in [-0.05, 0) is 36.5 Å². The van der Waals surface area contributed by atoms with Gasteiger partial charge in [0.2, 0.25) is 5.91 Å². The van der Waals surface area contributed by atoms with Gasteiger partial charge in [-0.3, -0.25) is 14.5 Å². The van der Waals surface area contributed by atoms with Crippen molar-refractivity contribution >= 4 is 11.8 Å². The van der Waals surface area contributed by atoms with Crippen LogP contribution in [-0.4, -0.2) is 42.4 Å². The Balaban J connectivity index is 1.45. The highest BCUT2D eigenvalue weighted by Gasteiger charge is 2.24. The number of piperidine rings is 1. The van der Waals surface area contributed by atoms with Gasteiger partial charge in [0.1, 0.15) is 0 Å². The van der Waals surface area contributed by atoms with E-state index in [4.69, 9.17) is 0 Å². The average molecular weight is 394 g/mol. The molecule has 1 saturated heterocycles. The smallest absolute Gasteiger partial charge is 0.251 e. The zero-order chi connectivity index (χ0) is 20.6. The van der Waals surface area contributed by atoms with Gasteiger partial charge in [0.05, 0.1) is 12.6 Å². The molecule has 1 aliphatic heterocycles. The van der Waals surface area contributed by atoms with E-state index in [-0.39, 0.29) is 23.9 Å². The molecule has 0 bridgehead atoms. The second-order valence-corrected chi connectivity index (χ2v) is 8.09. The Morgan fingerprint density at radius 2 is 1.55 bits per heavy atom. The van der Waals surface area contributed by atoms with Crippen LogP contribution in [0.15, 0.2) is 60.7 Å². The lowest BCUT2D eigenvalue weighted by molar-refractivity contribution is -0.123. The number of amides is 2. The number of carbonyl (C=O) groups excluding carboxylic acids is 2. The van der Waals surface area contributed by atoms with Crippen LogP contribution < -0.4 is 10.6 Å². The summed E-state index contributed by atoms with van der Waals surface area (Å²) >= 11 is 0. The van der Waals surface area contributed by atoms with Crippen molar-refractivity contribution in [2.75, 3.05) is 19.6 Å². The monoisotopic (exact) mass is 393 g/mol. The standard InChI is InChI=1S/C24H31N3O2/c1-18(2)23(19-9-5-3-6-10-19)26-22(28)17-27-15-13-21(14-16-27)25-24(29)20-11-7-4-8-12-20/h3-12,18,21,23H,13-17H2,1-2H3,(H,25,29)(H,26,28). The molecule has 3 rings (SSSR count). The van der Waals surface area contributed by atoms with Crippen molar-refractivity contribution in [3.05, 3.63) is 71.8 Å². The molecule has 1 atom stereocenters. The number of likely N-dealkylation sites (tertiary alicyclic amines) is 1. The van der Waals surface area contributed by atoms with Gasteiger partial charge < -0.3 is 10.6 Å². The van der Waals surface area contributed by atoms with E-state index in [2.05, 4.69) is 41.5 Å². The molecule has 2 aromatic carbocycles. The SMILES string of the molecule is CC(C)C(NC(=O)CN1CCC(NC(=O)c2ccccc2)CC1)c1ccccc1. The van der Waals surface area contributed by atoms with Crippen LogP contribution in [0.25, 0.3) is 0 Å². The summed E-state index contributed by atoms with van der Waals surface area (Å²) in [6.45, 7) is 6.27. The molecular weight excluding hydrogens is 362 g/mol. The van der Waals surface area contributed by atoms with Gasteiger partial charge in [0.15, 0.2) is 0 Å². The highest BCUT2D eigenvalue weighted by atomic mass is 16.2. The lowest BCUT2D eigenvalue weighted by Gasteiger charge is -2.32. The summed E-state index contributed by atoms with van der Waals surface area (Å²) in [5.41, 5.74) is 1.83. The number of carbonyl (C=O) groups is 2. The fourth-order valence-corrected chi connectivity index (χ4v) is 3.81. The van der Waals surface area contributed by atoms with Gasteiger partial charge in [-0.1, -0.05) is 62.4 Å². The van der Waals surface area contributed by atoms with Gasteiger partial charge in [-0.2, -0.15) is 0 Å². The van der Waals surface area contributed by atoms with Gasteiger partial charge in [-0.15, -0.1) is 0 Å². The number of benzene rings is 2. The molecule has 0 radical (unpaired) electrons. The van der Waals surface area contributed by atoms with Crippen LogP contribution in [0.4, 0.5) is 0 Å². The molecule has 2 N–H and O–H groups in total. The minimum Gasteiger partial charge on any atom is -0.349 e. The number of nitrogens with one attached hydrogen (secondary N) is 2. The maximum Gasteiger partial charge on any atom is 0.251 e. The molecule has 0 spiro atoms. The summed E-state index contributed by atoms with van der Waals surface area (Å²) in [5, 5.41) is 6.31. The minimum atomic E-state index is -0.0237. The minimum absolute atomic E-state index is 0.0198. The van der Waals surface area contributed by atoms with Crippen LogP contribution in [-0.2, 0) is 4.79 Å². The first-order chi connectivity index (χ1) is 14.0. The first-order valence-electron chi connectivity index (χ1n) is 10.5. The Hall–Kier alpha value is -2.66. The van der Waals surface area contributed by atoms with Crippen LogP contribution in [0.2, 0.25) is 0 Å². The van der Waals surface area contributed by atoms with E-state index >= 15 is 0 Å². The zero-order valence-electron chi connectivity index (χ0n) is 17.3. The topological polar surface area (TPSA) is 61.4 Å². The van der Waals surface area contributed by atoms with E-state index in [0.717, 1.165) is 31.5 Å². The van der Waals surface area contributed by atoms with Crippen molar-refractivity contribution in [1.29, 1.82) is 0 Å². The zero-order valence-corrected chi connectivity index (χ0v) is 17.3. The predicted molar refractivity (Wildman–Crippen MR) is 116 cm³/mol. The third-order valence-corrected chi connectivity index (χ3v) is 5.47. The second kappa shape index (κ2) is 10.2.